The van der Waals surface area contributed by atoms with Crippen LogP contribution >= 0.6 is 0 Å². The highest BCUT2D eigenvalue weighted by molar-refractivity contribution is 5.92. The lowest BCUT2D eigenvalue weighted by Gasteiger charge is -2.35. The number of aromatic carboxylic acids is 1. The fourth-order valence-electron chi connectivity index (χ4n) is 4.63. The van der Waals surface area contributed by atoms with Crippen molar-refractivity contribution in [3.8, 4) is 5.75 Å². The van der Waals surface area contributed by atoms with Crippen molar-refractivity contribution in [1.82, 2.24) is 0 Å². The molecule has 0 bridgehead atoms. The molecule has 2 N–H and O–H groups in total. The van der Waals surface area contributed by atoms with Crippen molar-refractivity contribution in [3.63, 3.8) is 0 Å². The quantitative estimate of drug-likeness (QED) is 0.447. The zero-order valence-corrected chi connectivity index (χ0v) is 19.0. The van der Waals surface area contributed by atoms with Crippen molar-refractivity contribution in [3.05, 3.63) is 101 Å². The molecule has 162 valence electrons. The van der Waals surface area contributed by atoms with Crippen LogP contribution in [0.15, 0.2) is 72.8 Å². The number of aromatic hydroxyl groups is 1. The topological polar surface area (TPSA) is 57.5 Å². The van der Waals surface area contributed by atoms with E-state index in [0.717, 1.165) is 23.1 Å². The second-order valence-corrected chi connectivity index (χ2v) is 9.51. The Hall–Kier alpha value is -3.07. The fraction of sp³-hybridized carbons (Fsp3) is 0.321. The molecule has 31 heavy (non-hydrogen) atoms. The summed E-state index contributed by atoms with van der Waals surface area (Å²) in [5, 5.41) is 20.9. The van der Waals surface area contributed by atoms with E-state index in [9.17, 15) is 15.0 Å². The number of carboxylic acids is 1. The molecule has 3 nitrogen and oxygen atoms in total. The monoisotopic (exact) mass is 416 g/mol. The van der Waals surface area contributed by atoms with Crippen LogP contribution in [-0.4, -0.2) is 16.2 Å². The van der Waals surface area contributed by atoms with Crippen LogP contribution in [0.4, 0.5) is 0 Å². The first-order chi connectivity index (χ1) is 14.6. The molecule has 1 unspecified atom stereocenters. The van der Waals surface area contributed by atoms with E-state index in [-0.39, 0.29) is 11.3 Å². The zero-order chi connectivity index (χ0) is 22.8. The van der Waals surface area contributed by atoms with E-state index in [4.69, 9.17) is 0 Å². The van der Waals surface area contributed by atoms with Crippen LogP contribution in [0, 0.1) is 5.92 Å². The number of benzene rings is 3. The first-order valence-corrected chi connectivity index (χ1v) is 10.8. The van der Waals surface area contributed by atoms with Crippen molar-refractivity contribution in [2.75, 3.05) is 0 Å². The Morgan fingerprint density at radius 2 is 1.35 bits per heavy atom. The first-order valence-electron chi connectivity index (χ1n) is 10.8. The molecule has 0 saturated carbocycles. The van der Waals surface area contributed by atoms with Crippen LogP contribution in [0.3, 0.4) is 0 Å². The Kier molecular flexibility index (Phi) is 6.26. The van der Waals surface area contributed by atoms with E-state index in [2.05, 4.69) is 32.9 Å². The van der Waals surface area contributed by atoms with Gasteiger partial charge in [-0.2, -0.15) is 0 Å². The third-order valence-electron chi connectivity index (χ3n) is 6.37. The van der Waals surface area contributed by atoms with Gasteiger partial charge in [0, 0.05) is 16.4 Å². The lowest BCUT2D eigenvalue weighted by molar-refractivity contribution is 0.0693. The molecule has 3 heteroatoms. The van der Waals surface area contributed by atoms with Crippen LogP contribution in [-0.2, 0) is 10.8 Å². The molecule has 0 heterocycles. The molecule has 0 fully saturated rings. The highest BCUT2D eigenvalue weighted by atomic mass is 16.4. The van der Waals surface area contributed by atoms with Crippen LogP contribution in [0.1, 0.15) is 73.7 Å². The largest absolute Gasteiger partial charge is 0.507 e. The molecule has 0 aliphatic rings. The van der Waals surface area contributed by atoms with Crippen molar-refractivity contribution in [2.24, 2.45) is 5.92 Å². The number of hydrogen-bond donors (Lipinski definition) is 2. The van der Waals surface area contributed by atoms with Gasteiger partial charge >= 0.3 is 5.97 Å². The maximum Gasteiger partial charge on any atom is 0.339 e. The number of rotatable bonds is 7. The van der Waals surface area contributed by atoms with E-state index in [1.54, 1.807) is 6.07 Å². The zero-order valence-electron chi connectivity index (χ0n) is 19.0. The van der Waals surface area contributed by atoms with E-state index < -0.39 is 16.8 Å². The molecule has 0 aliphatic heterocycles. The number of hydrogen-bond acceptors (Lipinski definition) is 2. The minimum Gasteiger partial charge on any atom is -0.507 e. The Morgan fingerprint density at radius 3 is 1.84 bits per heavy atom. The smallest absolute Gasteiger partial charge is 0.339 e. The van der Waals surface area contributed by atoms with Gasteiger partial charge in [0.1, 0.15) is 11.3 Å². The van der Waals surface area contributed by atoms with Crippen molar-refractivity contribution in [1.29, 1.82) is 0 Å². The van der Waals surface area contributed by atoms with E-state index >= 15 is 0 Å². The Bertz CT molecular complexity index is 1050. The van der Waals surface area contributed by atoms with Gasteiger partial charge in [-0.05, 0) is 35.1 Å². The van der Waals surface area contributed by atoms with Crippen molar-refractivity contribution in [2.45, 2.75) is 51.9 Å². The number of phenols is 1. The number of carboxylic acid groups (broad SMARTS) is 1. The van der Waals surface area contributed by atoms with Crippen molar-refractivity contribution >= 4 is 5.97 Å². The minimum absolute atomic E-state index is 0.0533. The molecule has 0 amide bonds. The van der Waals surface area contributed by atoms with Crippen LogP contribution < -0.4 is 0 Å². The average molecular weight is 417 g/mol. The van der Waals surface area contributed by atoms with Crippen LogP contribution in [0.25, 0.3) is 0 Å². The third-order valence-corrected chi connectivity index (χ3v) is 6.37. The maximum absolute atomic E-state index is 12.1. The first kappa shape index (κ1) is 22.6. The average Bonchev–Trinajstić information content (AvgIpc) is 2.74. The van der Waals surface area contributed by atoms with Gasteiger partial charge in [0.2, 0.25) is 0 Å². The van der Waals surface area contributed by atoms with Crippen LogP contribution in [0.5, 0.6) is 5.75 Å². The fourth-order valence-corrected chi connectivity index (χ4v) is 4.63. The molecular weight excluding hydrogens is 384 g/mol. The molecule has 0 aliphatic carbocycles. The molecule has 0 saturated heterocycles. The summed E-state index contributed by atoms with van der Waals surface area (Å²) in [5.41, 5.74) is 2.66. The number of carbonyl (C=O) groups is 1. The van der Waals surface area contributed by atoms with Gasteiger partial charge < -0.3 is 10.2 Å². The Balaban J connectivity index is 2.31. The molecule has 3 rings (SSSR count). The minimum atomic E-state index is -1.12. The molecule has 0 spiro atoms. The molecule has 3 aromatic carbocycles. The normalized spacial score (nSPS) is 13.7. The van der Waals surface area contributed by atoms with Gasteiger partial charge in [0.15, 0.2) is 0 Å². The predicted octanol–water partition coefficient (Wildman–Crippen LogP) is 6.77. The second kappa shape index (κ2) is 8.58. The maximum atomic E-state index is 12.1. The van der Waals surface area contributed by atoms with Crippen molar-refractivity contribution < 1.29 is 15.0 Å². The molecule has 1 atom stereocenters. The Morgan fingerprint density at radius 1 is 0.839 bits per heavy atom. The van der Waals surface area contributed by atoms with E-state index in [1.165, 1.54) is 0 Å². The lowest BCUT2D eigenvalue weighted by atomic mass is 9.68. The summed E-state index contributed by atoms with van der Waals surface area (Å²) in [4.78, 5) is 12.1. The van der Waals surface area contributed by atoms with Gasteiger partial charge in [-0.1, -0.05) is 101 Å². The van der Waals surface area contributed by atoms with Gasteiger partial charge in [0.05, 0.1) is 0 Å². The molecule has 3 aromatic rings. The third kappa shape index (κ3) is 4.36. The molecular formula is C28H32O3. The summed E-state index contributed by atoms with van der Waals surface area (Å²) in [6, 6.07) is 23.8. The van der Waals surface area contributed by atoms with Gasteiger partial charge in [-0.15, -0.1) is 0 Å². The summed E-state index contributed by atoms with van der Waals surface area (Å²) in [6.45, 7) is 10.6. The standard InChI is InChI=1S/C28H32O3/c1-19(2)18-28(5,21-14-10-7-11-15-21)22-16-23(26(30)31)25(29)24(17-22)27(3,4)20-12-8-6-9-13-20/h6-17,19,29H,18H2,1-5H3,(H,30,31). The Labute approximate surface area is 185 Å². The summed E-state index contributed by atoms with van der Waals surface area (Å²) in [6.07, 6.45) is 0.853. The summed E-state index contributed by atoms with van der Waals surface area (Å²) in [5.74, 6) is -0.882. The van der Waals surface area contributed by atoms with Crippen LogP contribution in [0.2, 0.25) is 0 Å². The predicted molar refractivity (Wildman–Crippen MR) is 126 cm³/mol. The molecule has 0 radical (unpaired) electrons. The summed E-state index contributed by atoms with van der Waals surface area (Å²) in [7, 11) is 0. The van der Waals surface area contributed by atoms with Gasteiger partial charge in [-0.25, -0.2) is 4.79 Å². The van der Waals surface area contributed by atoms with E-state index in [1.807, 2.05) is 68.4 Å². The second-order valence-electron chi connectivity index (χ2n) is 9.51. The highest BCUT2D eigenvalue weighted by Gasteiger charge is 2.35. The summed E-state index contributed by atoms with van der Waals surface area (Å²) >= 11 is 0. The highest BCUT2D eigenvalue weighted by Crippen LogP contribution is 2.44. The van der Waals surface area contributed by atoms with Gasteiger partial charge in [-0.3, -0.25) is 0 Å². The van der Waals surface area contributed by atoms with Gasteiger partial charge in [0.25, 0.3) is 0 Å². The lowest BCUT2D eigenvalue weighted by Crippen LogP contribution is -2.28. The van der Waals surface area contributed by atoms with E-state index in [0.29, 0.717) is 11.5 Å². The summed E-state index contributed by atoms with van der Waals surface area (Å²) < 4.78 is 0. The SMILES string of the molecule is CC(C)CC(C)(c1ccccc1)c1cc(C(=O)O)c(O)c(C(C)(C)c2ccccc2)c1. The molecule has 0 aromatic heterocycles.